The predicted molar refractivity (Wildman–Crippen MR) is 153 cm³/mol. The van der Waals surface area contributed by atoms with Crippen molar-refractivity contribution in [1.29, 1.82) is 0 Å². The van der Waals surface area contributed by atoms with Gasteiger partial charge in [-0.05, 0) is 36.0 Å². The first-order valence-corrected chi connectivity index (χ1v) is 14.2. The molecule has 0 aliphatic carbocycles. The van der Waals surface area contributed by atoms with Gasteiger partial charge >= 0.3 is 0 Å². The predicted octanol–water partition coefficient (Wildman–Crippen LogP) is 4.71. The van der Waals surface area contributed by atoms with Crippen LogP contribution in [0.5, 0.6) is 5.75 Å². The molecule has 3 heterocycles. The fraction of sp³-hybridized carbons (Fsp3) is 0.552. The molecule has 8 nitrogen and oxygen atoms in total. The third-order valence-electron chi connectivity index (χ3n) is 6.73. The number of hydrogen-bond donors (Lipinski definition) is 2. The molecule has 38 heavy (non-hydrogen) atoms. The van der Waals surface area contributed by atoms with Crippen molar-refractivity contribution in [2.24, 2.45) is 5.41 Å². The average Bonchev–Trinajstić information content (AvgIpc) is 3.30. The fourth-order valence-electron chi connectivity index (χ4n) is 5.07. The molecule has 206 valence electrons. The van der Waals surface area contributed by atoms with E-state index < -0.39 is 0 Å². The van der Waals surface area contributed by atoms with Gasteiger partial charge in [-0.15, -0.1) is 11.8 Å². The third-order valence-corrected chi connectivity index (χ3v) is 7.90. The smallest absolute Gasteiger partial charge is 0.253 e. The van der Waals surface area contributed by atoms with E-state index in [4.69, 9.17) is 0 Å². The first-order chi connectivity index (χ1) is 17.7. The Balaban J connectivity index is 1.47. The zero-order chi connectivity index (χ0) is 27.8. The molecule has 1 fully saturated rings. The number of fused-ring (bicyclic) bond motifs is 1. The van der Waals surface area contributed by atoms with E-state index in [-0.39, 0.29) is 46.6 Å². The van der Waals surface area contributed by atoms with Gasteiger partial charge in [0.25, 0.3) is 11.8 Å². The van der Waals surface area contributed by atoms with Crippen LogP contribution in [0.3, 0.4) is 0 Å². The van der Waals surface area contributed by atoms with Gasteiger partial charge < -0.3 is 19.9 Å². The summed E-state index contributed by atoms with van der Waals surface area (Å²) in [5.41, 5.74) is 3.14. The summed E-state index contributed by atoms with van der Waals surface area (Å²) >= 11 is 1.82. The Morgan fingerprint density at radius 3 is 2.21 bits per heavy atom. The Labute approximate surface area is 229 Å². The van der Waals surface area contributed by atoms with Gasteiger partial charge in [0.2, 0.25) is 5.91 Å². The average molecular weight is 541 g/mol. The summed E-state index contributed by atoms with van der Waals surface area (Å²) in [6, 6.07) is 3.81. The monoisotopic (exact) mass is 540 g/mol. The van der Waals surface area contributed by atoms with Gasteiger partial charge in [0.15, 0.2) is 0 Å². The molecule has 2 aromatic rings. The Morgan fingerprint density at radius 2 is 1.63 bits per heavy atom. The highest BCUT2D eigenvalue weighted by atomic mass is 32.2. The van der Waals surface area contributed by atoms with Crippen LogP contribution in [0.15, 0.2) is 29.3 Å². The lowest BCUT2D eigenvalue weighted by molar-refractivity contribution is -0.138. The van der Waals surface area contributed by atoms with E-state index >= 15 is 0 Å². The normalized spacial score (nSPS) is 16.8. The number of amides is 3. The Morgan fingerprint density at radius 1 is 1.00 bits per heavy atom. The fourth-order valence-corrected chi connectivity index (χ4v) is 6.14. The second kappa shape index (κ2) is 10.7. The van der Waals surface area contributed by atoms with Crippen LogP contribution in [0.1, 0.15) is 59.9 Å². The number of carbonyl (C=O) groups is 3. The number of anilines is 1. The number of hydrogen-bond acceptors (Lipinski definition) is 6. The Bertz CT molecular complexity index is 1240. The Kier molecular flexibility index (Phi) is 7.89. The van der Waals surface area contributed by atoms with Crippen LogP contribution in [-0.2, 0) is 20.8 Å². The molecule has 0 unspecified atom stereocenters. The number of aromatic amines is 1. The van der Waals surface area contributed by atoms with Crippen molar-refractivity contribution in [3.63, 3.8) is 0 Å². The zero-order valence-corrected chi connectivity index (χ0v) is 24.2. The number of phenols is 1. The zero-order valence-electron chi connectivity index (χ0n) is 23.4. The summed E-state index contributed by atoms with van der Waals surface area (Å²) in [5, 5.41) is 13.2. The van der Waals surface area contributed by atoms with E-state index in [9.17, 15) is 19.5 Å². The molecular formula is C29H40N4O4S. The molecule has 0 radical (unpaired) electrons. The number of H-pyrrole nitrogens is 1. The van der Waals surface area contributed by atoms with Crippen molar-refractivity contribution >= 4 is 46.1 Å². The molecule has 0 spiro atoms. The van der Waals surface area contributed by atoms with Gasteiger partial charge in [0, 0.05) is 61.4 Å². The molecule has 1 saturated heterocycles. The van der Waals surface area contributed by atoms with Crippen molar-refractivity contribution in [2.45, 2.75) is 70.6 Å². The first-order valence-electron chi connectivity index (χ1n) is 13.4. The largest absolute Gasteiger partial charge is 0.506 e. The van der Waals surface area contributed by atoms with Gasteiger partial charge in [0.1, 0.15) is 11.4 Å². The van der Waals surface area contributed by atoms with Gasteiger partial charge in [-0.2, -0.15) is 0 Å². The number of imide groups is 1. The van der Waals surface area contributed by atoms with Crippen molar-refractivity contribution in [1.82, 2.24) is 14.8 Å². The molecule has 0 bridgehead atoms. The molecule has 0 saturated carbocycles. The third kappa shape index (κ3) is 6.37. The number of phenolic OH excluding ortho intramolecular Hbond substituents is 1. The van der Waals surface area contributed by atoms with Crippen LogP contribution < -0.4 is 4.90 Å². The summed E-state index contributed by atoms with van der Waals surface area (Å²) in [7, 11) is 0. The number of nitrogens with one attached hydrogen (secondary N) is 1. The lowest BCUT2D eigenvalue weighted by Crippen LogP contribution is -2.49. The first kappa shape index (κ1) is 28.1. The maximum atomic E-state index is 12.8. The van der Waals surface area contributed by atoms with Crippen molar-refractivity contribution in [3.8, 4) is 5.75 Å². The van der Waals surface area contributed by atoms with Crippen LogP contribution in [0.2, 0.25) is 0 Å². The number of aromatic nitrogens is 1. The molecule has 1 aromatic heterocycles. The van der Waals surface area contributed by atoms with Crippen LogP contribution in [0, 0.1) is 5.41 Å². The number of thioether (sulfide) groups is 1. The van der Waals surface area contributed by atoms with Crippen LogP contribution >= 0.6 is 11.8 Å². The number of benzene rings is 1. The number of nitrogens with zero attached hydrogens (tertiary/aromatic N) is 3. The second-order valence-electron chi connectivity index (χ2n) is 12.4. The van der Waals surface area contributed by atoms with E-state index in [0.29, 0.717) is 32.6 Å². The highest BCUT2D eigenvalue weighted by Gasteiger charge is 2.29. The molecule has 2 N–H and O–H groups in total. The molecule has 1 aromatic carbocycles. The van der Waals surface area contributed by atoms with Crippen molar-refractivity contribution in [2.75, 3.05) is 37.6 Å². The molecule has 2 aliphatic heterocycles. The van der Waals surface area contributed by atoms with E-state index in [2.05, 4.69) is 51.4 Å². The standard InChI is InChI=1S/C29H40N4O4S/c1-28(2,3)18-20-19-9-10-21(34)26(25(19)30-27(20)38-29(4,5)6)32-16-14-31(15-17-32)22(35)8-7-13-33-23(36)11-12-24(33)37/h9-12,30,34H,7-8,13-18H2,1-6H3. The lowest BCUT2D eigenvalue weighted by atomic mass is 9.88. The molecular weight excluding hydrogens is 500 g/mol. The maximum Gasteiger partial charge on any atom is 0.253 e. The van der Waals surface area contributed by atoms with E-state index in [1.54, 1.807) is 6.07 Å². The van der Waals surface area contributed by atoms with Crippen molar-refractivity contribution in [3.05, 3.63) is 29.8 Å². The number of piperazine rings is 1. The quantitative estimate of drug-likeness (QED) is 0.390. The summed E-state index contributed by atoms with van der Waals surface area (Å²) < 4.78 is 0.0353. The highest BCUT2D eigenvalue weighted by Crippen LogP contribution is 2.44. The Hall–Kier alpha value is -2.94. The van der Waals surface area contributed by atoms with Crippen LogP contribution in [0.4, 0.5) is 5.69 Å². The number of aromatic hydroxyl groups is 1. The highest BCUT2D eigenvalue weighted by molar-refractivity contribution is 8.00. The number of carbonyl (C=O) groups excluding carboxylic acids is 3. The molecule has 3 amide bonds. The SMILES string of the molecule is CC(C)(C)Cc1c(SC(C)(C)C)[nH]c2c(N3CCN(C(=O)CCCN4C(=O)C=CC4=O)CC3)c(O)ccc12. The van der Waals surface area contributed by atoms with Crippen molar-refractivity contribution < 1.29 is 19.5 Å². The van der Waals surface area contributed by atoms with Gasteiger partial charge in [0.05, 0.1) is 10.5 Å². The summed E-state index contributed by atoms with van der Waals surface area (Å²) in [5.74, 6) is -0.370. The second-order valence-corrected chi connectivity index (χ2v) is 14.2. The van der Waals surface area contributed by atoms with Crippen LogP contribution in [0.25, 0.3) is 10.9 Å². The lowest BCUT2D eigenvalue weighted by Gasteiger charge is -2.36. The van der Waals surface area contributed by atoms with Crippen LogP contribution in [-0.4, -0.2) is 75.1 Å². The van der Waals surface area contributed by atoms with E-state index in [1.807, 2.05) is 22.7 Å². The summed E-state index contributed by atoms with van der Waals surface area (Å²) in [6.45, 7) is 15.9. The minimum atomic E-state index is -0.316. The number of rotatable bonds is 7. The molecule has 0 atom stereocenters. The topological polar surface area (TPSA) is 97.0 Å². The summed E-state index contributed by atoms with van der Waals surface area (Å²) in [6.07, 6.45) is 4.19. The minimum absolute atomic E-state index is 0.0235. The van der Waals surface area contributed by atoms with E-state index in [1.165, 1.54) is 22.6 Å². The van der Waals surface area contributed by atoms with E-state index in [0.717, 1.165) is 28.0 Å². The minimum Gasteiger partial charge on any atom is -0.506 e. The van der Waals surface area contributed by atoms with Gasteiger partial charge in [-0.25, -0.2) is 0 Å². The molecule has 4 rings (SSSR count). The molecule has 9 heteroatoms. The van der Waals surface area contributed by atoms with Gasteiger partial charge in [-0.1, -0.05) is 41.5 Å². The van der Waals surface area contributed by atoms with Gasteiger partial charge in [-0.3, -0.25) is 19.3 Å². The maximum absolute atomic E-state index is 12.8. The summed E-state index contributed by atoms with van der Waals surface area (Å²) in [4.78, 5) is 45.1. The molecule has 2 aliphatic rings.